The Morgan fingerprint density at radius 1 is 1.20 bits per heavy atom. The van der Waals surface area contributed by atoms with Crippen molar-refractivity contribution in [3.63, 3.8) is 0 Å². The van der Waals surface area contributed by atoms with Crippen molar-refractivity contribution in [1.82, 2.24) is 5.32 Å². The van der Waals surface area contributed by atoms with Gasteiger partial charge in [0.05, 0.1) is 0 Å². The van der Waals surface area contributed by atoms with E-state index in [2.05, 4.69) is 5.32 Å². The van der Waals surface area contributed by atoms with Crippen LogP contribution in [0, 0.1) is 0 Å². The summed E-state index contributed by atoms with van der Waals surface area (Å²) in [5.74, 6) is -0.639. The van der Waals surface area contributed by atoms with Gasteiger partial charge in [-0.2, -0.15) is 0 Å². The SMILES string of the molecule is COC(CCC(NC(N)=O)C(N)=O)OC. The van der Waals surface area contributed by atoms with E-state index in [0.717, 1.165) is 0 Å². The van der Waals surface area contributed by atoms with Crippen LogP contribution in [0.15, 0.2) is 0 Å². The average Bonchev–Trinajstić information content (AvgIpc) is 2.16. The molecule has 0 aliphatic heterocycles. The fourth-order valence-electron chi connectivity index (χ4n) is 1.09. The maximum atomic E-state index is 10.9. The molecule has 0 saturated heterocycles. The van der Waals surface area contributed by atoms with Gasteiger partial charge >= 0.3 is 6.03 Å². The topological polar surface area (TPSA) is 117 Å². The Kier molecular flexibility index (Phi) is 6.39. The summed E-state index contributed by atoms with van der Waals surface area (Å²) in [4.78, 5) is 21.4. The van der Waals surface area contributed by atoms with E-state index in [4.69, 9.17) is 20.9 Å². The zero-order valence-electron chi connectivity index (χ0n) is 8.86. The molecule has 88 valence electrons. The van der Waals surface area contributed by atoms with E-state index in [1.54, 1.807) is 0 Å². The second-order valence-electron chi connectivity index (χ2n) is 2.94. The molecule has 1 unspecified atom stereocenters. The van der Waals surface area contributed by atoms with Crippen molar-refractivity contribution >= 4 is 11.9 Å². The Labute approximate surface area is 88.1 Å². The first kappa shape index (κ1) is 13.7. The highest BCUT2D eigenvalue weighted by molar-refractivity contribution is 5.85. The molecule has 0 aliphatic carbocycles. The predicted octanol–water partition coefficient (Wildman–Crippen LogP) is -1.09. The standard InChI is InChI=1S/C8H17N3O4/c1-14-6(15-2)4-3-5(7(9)12)11-8(10)13/h5-6H,3-4H2,1-2H3,(H2,9,12)(H3,10,11,13). The third-order valence-electron chi connectivity index (χ3n) is 1.88. The average molecular weight is 219 g/mol. The van der Waals surface area contributed by atoms with E-state index < -0.39 is 24.3 Å². The first-order valence-electron chi connectivity index (χ1n) is 4.42. The van der Waals surface area contributed by atoms with E-state index in [1.807, 2.05) is 0 Å². The van der Waals surface area contributed by atoms with Gasteiger partial charge in [-0.15, -0.1) is 0 Å². The summed E-state index contributed by atoms with van der Waals surface area (Å²) >= 11 is 0. The number of nitrogens with one attached hydrogen (secondary N) is 1. The molecular weight excluding hydrogens is 202 g/mol. The second kappa shape index (κ2) is 7.02. The molecule has 15 heavy (non-hydrogen) atoms. The fourth-order valence-corrected chi connectivity index (χ4v) is 1.09. The molecule has 0 aromatic rings. The highest BCUT2D eigenvalue weighted by Gasteiger charge is 2.18. The summed E-state index contributed by atoms with van der Waals surface area (Å²) in [5, 5.41) is 2.24. The number of rotatable bonds is 7. The highest BCUT2D eigenvalue weighted by atomic mass is 16.7. The molecule has 0 saturated carbocycles. The lowest BCUT2D eigenvalue weighted by Crippen LogP contribution is -2.47. The zero-order valence-corrected chi connectivity index (χ0v) is 8.86. The summed E-state index contributed by atoms with van der Waals surface area (Å²) in [5.41, 5.74) is 9.95. The van der Waals surface area contributed by atoms with Gasteiger partial charge in [0.25, 0.3) is 0 Å². The van der Waals surface area contributed by atoms with Crippen LogP contribution < -0.4 is 16.8 Å². The number of primary amides is 2. The van der Waals surface area contributed by atoms with Gasteiger partial charge in [-0.1, -0.05) is 0 Å². The van der Waals surface area contributed by atoms with Crippen LogP contribution in [0.3, 0.4) is 0 Å². The number of hydrogen-bond acceptors (Lipinski definition) is 4. The van der Waals surface area contributed by atoms with E-state index in [0.29, 0.717) is 12.8 Å². The smallest absolute Gasteiger partial charge is 0.312 e. The van der Waals surface area contributed by atoms with Crippen LogP contribution in [-0.2, 0) is 14.3 Å². The summed E-state index contributed by atoms with van der Waals surface area (Å²) in [6.45, 7) is 0. The number of carbonyl (C=O) groups is 2. The van der Waals surface area contributed by atoms with Crippen LogP contribution in [0.2, 0.25) is 0 Å². The van der Waals surface area contributed by atoms with Gasteiger partial charge in [0.2, 0.25) is 5.91 Å². The minimum atomic E-state index is -0.796. The molecule has 7 heteroatoms. The lowest BCUT2D eigenvalue weighted by molar-refractivity contribution is -0.122. The van der Waals surface area contributed by atoms with E-state index in [-0.39, 0.29) is 0 Å². The molecule has 0 aromatic carbocycles. The minimum absolute atomic E-state index is 0.310. The van der Waals surface area contributed by atoms with Gasteiger partial charge in [-0.3, -0.25) is 4.79 Å². The number of carbonyl (C=O) groups excluding carboxylic acids is 2. The Morgan fingerprint density at radius 2 is 1.73 bits per heavy atom. The van der Waals surface area contributed by atoms with Gasteiger partial charge in [0.15, 0.2) is 6.29 Å². The quantitative estimate of drug-likeness (QED) is 0.471. The lowest BCUT2D eigenvalue weighted by Gasteiger charge is -2.17. The van der Waals surface area contributed by atoms with E-state index >= 15 is 0 Å². The predicted molar refractivity (Wildman–Crippen MR) is 52.7 cm³/mol. The summed E-state index contributed by atoms with van der Waals surface area (Å²) in [6, 6.07) is -1.58. The molecule has 0 aliphatic rings. The monoisotopic (exact) mass is 219 g/mol. The van der Waals surface area contributed by atoms with Crippen LogP contribution in [0.4, 0.5) is 4.79 Å². The Bertz CT molecular complexity index is 218. The van der Waals surface area contributed by atoms with Crippen molar-refractivity contribution in [3.05, 3.63) is 0 Å². The molecule has 0 radical (unpaired) electrons. The number of urea groups is 1. The van der Waals surface area contributed by atoms with Crippen LogP contribution in [0.5, 0.6) is 0 Å². The molecule has 0 fully saturated rings. The molecular formula is C8H17N3O4. The molecule has 3 amide bonds. The Balaban J connectivity index is 4.06. The van der Waals surface area contributed by atoms with Crippen LogP contribution in [0.25, 0.3) is 0 Å². The van der Waals surface area contributed by atoms with Crippen molar-refractivity contribution in [2.45, 2.75) is 25.2 Å². The van der Waals surface area contributed by atoms with Crippen LogP contribution in [0.1, 0.15) is 12.8 Å². The van der Waals surface area contributed by atoms with Crippen molar-refractivity contribution < 1.29 is 19.1 Å². The van der Waals surface area contributed by atoms with Gasteiger partial charge in [-0.25, -0.2) is 4.79 Å². The van der Waals surface area contributed by atoms with Crippen LogP contribution >= 0.6 is 0 Å². The number of hydrogen-bond donors (Lipinski definition) is 3. The maximum Gasteiger partial charge on any atom is 0.312 e. The van der Waals surface area contributed by atoms with Crippen LogP contribution in [-0.4, -0.2) is 38.5 Å². The normalized spacial score (nSPS) is 12.5. The number of amides is 3. The summed E-state index contributed by atoms with van der Waals surface area (Å²) in [6.07, 6.45) is 0.312. The minimum Gasteiger partial charge on any atom is -0.368 e. The Hall–Kier alpha value is -1.34. The third-order valence-corrected chi connectivity index (χ3v) is 1.88. The van der Waals surface area contributed by atoms with Gasteiger partial charge < -0.3 is 26.3 Å². The fraction of sp³-hybridized carbons (Fsp3) is 0.750. The molecule has 0 rings (SSSR count). The number of nitrogens with two attached hydrogens (primary N) is 2. The van der Waals surface area contributed by atoms with Crippen molar-refractivity contribution in [1.29, 1.82) is 0 Å². The van der Waals surface area contributed by atoms with Crippen molar-refractivity contribution in [2.75, 3.05) is 14.2 Å². The molecule has 5 N–H and O–H groups in total. The molecule has 0 bridgehead atoms. The van der Waals surface area contributed by atoms with Crippen molar-refractivity contribution in [2.24, 2.45) is 11.5 Å². The second-order valence-corrected chi connectivity index (χ2v) is 2.94. The van der Waals surface area contributed by atoms with Gasteiger partial charge in [-0.05, 0) is 6.42 Å². The van der Waals surface area contributed by atoms with Crippen molar-refractivity contribution in [3.8, 4) is 0 Å². The Morgan fingerprint density at radius 3 is 2.07 bits per heavy atom. The summed E-state index contributed by atoms with van der Waals surface area (Å²) < 4.78 is 9.83. The molecule has 0 aromatic heterocycles. The maximum absolute atomic E-state index is 10.9. The molecule has 1 atom stereocenters. The summed E-state index contributed by atoms with van der Waals surface area (Å²) in [7, 11) is 2.96. The largest absolute Gasteiger partial charge is 0.368 e. The molecule has 7 nitrogen and oxygen atoms in total. The lowest BCUT2D eigenvalue weighted by atomic mass is 10.1. The van der Waals surface area contributed by atoms with E-state index in [1.165, 1.54) is 14.2 Å². The zero-order chi connectivity index (χ0) is 11.8. The van der Waals surface area contributed by atoms with E-state index in [9.17, 15) is 9.59 Å². The highest BCUT2D eigenvalue weighted by Crippen LogP contribution is 2.05. The number of methoxy groups -OCH3 is 2. The number of ether oxygens (including phenoxy) is 2. The first-order valence-corrected chi connectivity index (χ1v) is 4.42. The molecule has 0 spiro atoms. The molecule has 0 heterocycles. The first-order chi connectivity index (χ1) is 7.01. The third kappa shape index (κ3) is 5.87. The van der Waals surface area contributed by atoms with Gasteiger partial charge in [0.1, 0.15) is 6.04 Å². The van der Waals surface area contributed by atoms with Gasteiger partial charge in [0, 0.05) is 20.6 Å².